The largest absolute Gasteiger partial charge is 0.357 e. The lowest BCUT2D eigenvalue weighted by Gasteiger charge is -2.31. The summed E-state index contributed by atoms with van der Waals surface area (Å²) in [5, 5.41) is 0.0540. The smallest absolute Gasteiger partial charge is 0.236 e. The molecule has 0 radical (unpaired) electrons. The van der Waals surface area contributed by atoms with Crippen LogP contribution in [0.5, 0.6) is 0 Å². The van der Waals surface area contributed by atoms with E-state index in [0.29, 0.717) is 11.6 Å². The van der Waals surface area contributed by atoms with Gasteiger partial charge in [0.05, 0.1) is 11.1 Å². The van der Waals surface area contributed by atoms with Crippen LogP contribution in [0.15, 0.2) is 30.6 Å². The first-order valence-corrected chi connectivity index (χ1v) is 8.26. The highest BCUT2D eigenvalue weighted by Gasteiger charge is 2.26. The predicted molar refractivity (Wildman–Crippen MR) is 89.4 cm³/mol. The Labute approximate surface area is 142 Å². The fraction of sp³-hybridized carbons (Fsp3) is 0.294. The molecule has 0 N–H and O–H groups in total. The number of halogens is 3. The molecule has 1 aliphatic heterocycles. The Hall–Kier alpha value is -2.21. The van der Waals surface area contributed by atoms with Crippen LogP contribution in [0, 0.1) is 11.6 Å². The Morgan fingerprint density at radius 3 is 2.42 bits per heavy atom. The van der Waals surface area contributed by atoms with Crippen LogP contribution >= 0.6 is 11.6 Å². The first-order chi connectivity index (χ1) is 11.7. The summed E-state index contributed by atoms with van der Waals surface area (Å²) in [6, 6.07) is 3.80. The van der Waals surface area contributed by atoms with Crippen LogP contribution in [-0.4, -0.2) is 27.5 Å². The summed E-state index contributed by atoms with van der Waals surface area (Å²) in [6.45, 7) is 1.60. The summed E-state index contributed by atoms with van der Waals surface area (Å²) >= 11 is 6.34. The lowest BCUT2D eigenvalue weighted by molar-refractivity contribution is 0.569. The Kier molecular flexibility index (Phi) is 3.84. The van der Waals surface area contributed by atoms with Gasteiger partial charge in [-0.1, -0.05) is 17.7 Å². The van der Waals surface area contributed by atoms with Crippen LogP contribution in [0.2, 0.25) is 5.15 Å². The van der Waals surface area contributed by atoms with E-state index >= 15 is 0 Å². The van der Waals surface area contributed by atoms with Gasteiger partial charge in [0.1, 0.15) is 22.6 Å². The van der Waals surface area contributed by atoms with E-state index in [2.05, 4.69) is 14.9 Å². The third-order valence-corrected chi connectivity index (χ3v) is 4.62. The maximum Gasteiger partial charge on any atom is 0.236 e. The Bertz CT molecular complexity index is 883. The van der Waals surface area contributed by atoms with Gasteiger partial charge >= 0.3 is 0 Å². The molecule has 1 aromatic carbocycles. The van der Waals surface area contributed by atoms with Gasteiger partial charge in [-0.25, -0.2) is 13.8 Å². The number of imidazole rings is 1. The SMILES string of the molecule is Fc1cccc(F)c1-c1c(Cl)nc2nccn2c1N1CCCCC1. The first-order valence-electron chi connectivity index (χ1n) is 7.88. The molecule has 0 saturated carbocycles. The normalized spacial score (nSPS) is 15.2. The van der Waals surface area contributed by atoms with E-state index in [1.807, 2.05) is 0 Å². The highest BCUT2D eigenvalue weighted by Crippen LogP contribution is 2.40. The third-order valence-electron chi connectivity index (χ3n) is 4.35. The van der Waals surface area contributed by atoms with Gasteiger partial charge in [0.2, 0.25) is 5.78 Å². The minimum Gasteiger partial charge on any atom is -0.357 e. The standard InChI is InChI=1S/C17H15ClF2N4/c18-15-14(13-11(19)5-4-6-12(13)20)16(23-8-2-1-3-9-23)24-10-7-21-17(24)22-15/h4-7,10H,1-3,8-9H2. The first kappa shape index (κ1) is 15.3. The number of anilines is 1. The average Bonchev–Trinajstić information content (AvgIpc) is 3.03. The second-order valence-electron chi connectivity index (χ2n) is 5.84. The molecule has 0 amide bonds. The quantitative estimate of drug-likeness (QED) is 0.647. The molecule has 0 atom stereocenters. The third kappa shape index (κ3) is 2.41. The molecule has 1 aliphatic rings. The van der Waals surface area contributed by atoms with Crippen molar-refractivity contribution in [3.8, 4) is 11.1 Å². The van der Waals surface area contributed by atoms with Crippen LogP contribution in [0.3, 0.4) is 0 Å². The van der Waals surface area contributed by atoms with Gasteiger partial charge in [-0.15, -0.1) is 0 Å². The molecule has 1 saturated heterocycles. The van der Waals surface area contributed by atoms with E-state index in [-0.39, 0.29) is 16.3 Å². The second-order valence-corrected chi connectivity index (χ2v) is 6.20. The van der Waals surface area contributed by atoms with Crippen molar-refractivity contribution in [3.63, 3.8) is 0 Å². The molecule has 4 nitrogen and oxygen atoms in total. The number of benzene rings is 1. The van der Waals surface area contributed by atoms with E-state index in [0.717, 1.165) is 32.4 Å². The minimum absolute atomic E-state index is 0.0540. The van der Waals surface area contributed by atoms with E-state index < -0.39 is 11.6 Å². The van der Waals surface area contributed by atoms with Crippen molar-refractivity contribution in [2.24, 2.45) is 0 Å². The van der Waals surface area contributed by atoms with Crippen LogP contribution in [0.25, 0.3) is 16.9 Å². The zero-order valence-electron chi connectivity index (χ0n) is 12.8. The van der Waals surface area contributed by atoms with Crippen LogP contribution in [-0.2, 0) is 0 Å². The zero-order chi connectivity index (χ0) is 16.7. The maximum absolute atomic E-state index is 14.4. The van der Waals surface area contributed by atoms with Crippen molar-refractivity contribution in [1.29, 1.82) is 0 Å². The average molecular weight is 349 g/mol. The molecule has 0 unspecified atom stereocenters. The zero-order valence-corrected chi connectivity index (χ0v) is 13.6. The van der Waals surface area contributed by atoms with Crippen molar-refractivity contribution >= 4 is 23.2 Å². The molecule has 0 spiro atoms. The molecule has 0 aliphatic carbocycles. The number of rotatable bonds is 2. The fourth-order valence-electron chi connectivity index (χ4n) is 3.27. The van der Waals surface area contributed by atoms with Gasteiger partial charge in [-0.2, -0.15) is 4.98 Å². The van der Waals surface area contributed by atoms with Crippen molar-refractivity contribution in [3.05, 3.63) is 47.4 Å². The highest BCUT2D eigenvalue weighted by molar-refractivity contribution is 6.33. The number of aromatic nitrogens is 3. The molecular formula is C17H15ClF2N4. The molecular weight excluding hydrogens is 334 g/mol. The van der Waals surface area contributed by atoms with Crippen molar-refractivity contribution in [1.82, 2.24) is 14.4 Å². The van der Waals surface area contributed by atoms with Crippen molar-refractivity contribution in [2.75, 3.05) is 18.0 Å². The van der Waals surface area contributed by atoms with Gasteiger partial charge < -0.3 is 4.90 Å². The summed E-state index contributed by atoms with van der Waals surface area (Å²) in [4.78, 5) is 10.5. The highest BCUT2D eigenvalue weighted by atomic mass is 35.5. The van der Waals surface area contributed by atoms with Gasteiger partial charge in [0, 0.05) is 25.5 Å². The lowest BCUT2D eigenvalue weighted by Crippen LogP contribution is -2.31. The van der Waals surface area contributed by atoms with Gasteiger partial charge in [-0.3, -0.25) is 4.40 Å². The summed E-state index contributed by atoms with van der Waals surface area (Å²) < 4.78 is 30.6. The molecule has 1 fully saturated rings. The van der Waals surface area contributed by atoms with Crippen molar-refractivity contribution in [2.45, 2.75) is 19.3 Å². The topological polar surface area (TPSA) is 33.4 Å². The van der Waals surface area contributed by atoms with E-state index in [1.165, 1.54) is 18.2 Å². The van der Waals surface area contributed by atoms with Gasteiger partial charge in [0.25, 0.3) is 0 Å². The van der Waals surface area contributed by atoms with Crippen LogP contribution < -0.4 is 4.90 Å². The maximum atomic E-state index is 14.4. The monoisotopic (exact) mass is 348 g/mol. The second kappa shape index (κ2) is 6.02. The molecule has 3 aromatic rings. The van der Waals surface area contributed by atoms with Crippen LogP contribution in [0.1, 0.15) is 19.3 Å². The molecule has 124 valence electrons. The number of fused-ring (bicyclic) bond motifs is 1. The molecule has 7 heteroatoms. The molecule has 3 heterocycles. The summed E-state index contributed by atoms with van der Waals surface area (Å²) in [7, 11) is 0. The lowest BCUT2D eigenvalue weighted by atomic mass is 10.0. The summed E-state index contributed by atoms with van der Waals surface area (Å²) in [6.07, 6.45) is 6.54. The fourth-order valence-corrected chi connectivity index (χ4v) is 3.52. The summed E-state index contributed by atoms with van der Waals surface area (Å²) in [5.74, 6) is -0.250. The Morgan fingerprint density at radius 2 is 1.71 bits per heavy atom. The Morgan fingerprint density at radius 1 is 1.00 bits per heavy atom. The molecule has 0 bridgehead atoms. The minimum atomic E-state index is -0.656. The molecule has 24 heavy (non-hydrogen) atoms. The number of piperidine rings is 1. The number of nitrogens with zero attached hydrogens (tertiary/aromatic N) is 4. The number of hydrogen-bond donors (Lipinski definition) is 0. The predicted octanol–water partition coefficient (Wildman–Crippen LogP) is 4.32. The van der Waals surface area contributed by atoms with Crippen LogP contribution in [0.4, 0.5) is 14.6 Å². The Balaban J connectivity index is 2.05. The van der Waals surface area contributed by atoms with E-state index in [9.17, 15) is 8.78 Å². The number of hydrogen-bond acceptors (Lipinski definition) is 3. The van der Waals surface area contributed by atoms with Gasteiger partial charge in [-0.05, 0) is 31.4 Å². The van der Waals surface area contributed by atoms with E-state index in [1.54, 1.807) is 16.8 Å². The molecule has 4 rings (SSSR count). The van der Waals surface area contributed by atoms with Gasteiger partial charge in [0.15, 0.2) is 0 Å². The molecule has 2 aromatic heterocycles. The van der Waals surface area contributed by atoms with E-state index in [4.69, 9.17) is 11.6 Å². The summed E-state index contributed by atoms with van der Waals surface area (Å²) in [5.41, 5.74) is 0.130. The van der Waals surface area contributed by atoms with Crippen molar-refractivity contribution < 1.29 is 8.78 Å².